The first-order valence-electron chi connectivity index (χ1n) is 19.3. The fourth-order valence-corrected chi connectivity index (χ4v) is 5.66. The number of nitrogens with zero attached hydrogens (tertiary/aromatic N) is 5. The van der Waals surface area contributed by atoms with Crippen LogP contribution < -0.4 is 5.32 Å². The van der Waals surface area contributed by atoms with Crippen molar-refractivity contribution in [3.8, 4) is 39.6 Å². The minimum absolute atomic E-state index is 0.290. The molecule has 0 atom stereocenters. The minimum atomic E-state index is -0.942. The number of aromatic nitrogens is 6. The number of carbonyl (C=O) groups is 4. The van der Waals surface area contributed by atoms with Gasteiger partial charge in [-0.2, -0.15) is 5.26 Å². The van der Waals surface area contributed by atoms with Crippen molar-refractivity contribution in [2.45, 2.75) is 54.1 Å². The number of ether oxygens (including phenoxy) is 2. The second-order valence-electron chi connectivity index (χ2n) is 14.4. The number of aromatic amines is 2. The van der Waals surface area contributed by atoms with E-state index in [1.165, 1.54) is 22.8 Å². The maximum Gasteiger partial charge on any atom is 0.418 e. The number of carboxylic acids is 1. The number of hydrogen-bond acceptors (Lipinski definition) is 10. The summed E-state index contributed by atoms with van der Waals surface area (Å²) in [6.07, 6.45) is 20.7. The molecule has 0 fully saturated rings. The molecule has 0 unspecified atom stereocenters. The standard InChI is InChI=1S/C20H24N2O4.C14H12N4O.C13H12N2O2/c1-6-25-18(23)11-14(2)17-12-16(15-7-9-21-10-8-15)13-22(17)19(24)26-20(3,4)5;1-10(6-14(19)18-9-15)13-7-12(8-17-13)11-2-4-16-5-3-11;1-9(6-13(16)17)12-7-11(8-15-12)10-2-4-14-5-3-10/h7-13H,6H2,1-5H3;2-8,17H,1H3,(H,18,19);2-8,15H,1H3,(H,16,17)/b14-11-;10-6-;9-6-. The Morgan fingerprint density at radius 2 is 1.19 bits per heavy atom. The number of nitriles is 1. The molecule has 318 valence electrons. The zero-order chi connectivity index (χ0) is 45.2. The van der Waals surface area contributed by atoms with Gasteiger partial charge in [0.15, 0.2) is 6.19 Å². The highest BCUT2D eigenvalue weighted by Crippen LogP contribution is 2.28. The first-order valence-corrected chi connectivity index (χ1v) is 19.3. The van der Waals surface area contributed by atoms with Gasteiger partial charge in [-0.15, -0.1) is 0 Å². The van der Waals surface area contributed by atoms with Crippen LogP contribution in [0.5, 0.6) is 0 Å². The Bertz CT molecular complexity index is 2590. The van der Waals surface area contributed by atoms with Crippen LogP contribution in [0.1, 0.15) is 65.5 Å². The minimum Gasteiger partial charge on any atom is -0.478 e. The van der Waals surface area contributed by atoms with Gasteiger partial charge in [0.05, 0.1) is 12.3 Å². The van der Waals surface area contributed by atoms with Crippen LogP contribution in [-0.2, 0) is 23.9 Å². The fourth-order valence-electron chi connectivity index (χ4n) is 5.66. The van der Waals surface area contributed by atoms with Gasteiger partial charge in [-0.1, -0.05) is 0 Å². The quantitative estimate of drug-likeness (QED) is 0.0442. The van der Waals surface area contributed by atoms with E-state index in [2.05, 4.69) is 30.2 Å². The molecule has 0 radical (unpaired) electrons. The van der Waals surface area contributed by atoms with Crippen molar-refractivity contribution in [3.05, 3.63) is 146 Å². The first kappa shape index (κ1) is 46.6. The van der Waals surface area contributed by atoms with Gasteiger partial charge in [-0.25, -0.2) is 14.4 Å². The molecular weight excluding hydrogens is 789 g/mol. The van der Waals surface area contributed by atoms with Crippen LogP contribution in [0.3, 0.4) is 0 Å². The van der Waals surface area contributed by atoms with Gasteiger partial charge in [0, 0.05) is 91.0 Å². The van der Waals surface area contributed by atoms with Gasteiger partial charge in [-0.05, 0) is 148 Å². The lowest BCUT2D eigenvalue weighted by Gasteiger charge is -2.20. The molecule has 6 aromatic heterocycles. The molecule has 15 nitrogen and oxygen atoms in total. The number of nitrogens with one attached hydrogen (secondary N) is 3. The van der Waals surface area contributed by atoms with Crippen molar-refractivity contribution in [3.63, 3.8) is 0 Å². The molecule has 6 rings (SSSR count). The Hall–Kier alpha value is -8.12. The summed E-state index contributed by atoms with van der Waals surface area (Å²) >= 11 is 0. The maximum absolute atomic E-state index is 12.6. The zero-order valence-corrected chi connectivity index (χ0v) is 35.5. The van der Waals surface area contributed by atoms with E-state index >= 15 is 0 Å². The number of pyridine rings is 3. The SMILES string of the molecule is C/C(=C/C(=O)NC#N)c1cc(-c2ccncc2)c[nH]1.C/C(=C/C(=O)O)c1cc(-c2ccncc2)c[nH]1.CCOC(=O)/C=C(/C)c1cc(-c2ccncc2)cn1C(=O)OC(C)(C)C. The molecule has 0 bridgehead atoms. The predicted octanol–water partition coefficient (Wildman–Crippen LogP) is 8.94. The summed E-state index contributed by atoms with van der Waals surface area (Å²) in [5.74, 6) is -1.82. The molecule has 0 aliphatic carbocycles. The lowest BCUT2D eigenvalue weighted by atomic mass is 10.1. The number of esters is 1. The summed E-state index contributed by atoms with van der Waals surface area (Å²) in [5.41, 5.74) is 9.49. The lowest BCUT2D eigenvalue weighted by molar-refractivity contribution is -0.137. The van der Waals surface area contributed by atoms with Crippen LogP contribution in [0.25, 0.3) is 50.1 Å². The first-order chi connectivity index (χ1) is 29.6. The summed E-state index contributed by atoms with van der Waals surface area (Å²) < 4.78 is 11.9. The van der Waals surface area contributed by atoms with Crippen molar-refractivity contribution in [1.29, 1.82) is 5.26 Å². The number of H-pyrrole nitrogens is 2. The van der Waals surface area contributed by atoms with E-state index in [4.69, 9.17) is 19.8 Å². The molecule has 0 spiro atoms. The van der Waals surface area contributed by atoms with Gasteiger partial charge < -0.3 is 24.5 Å². The Kier molecular flexibility index (Phi) is 16.8. The second-order valence-corrected chi connectivity index (χ2v) is 14.4. The highest BCUT2D eigenvalue weighted by molar-refractivity contribution is 5.95. The molecule has 0 saturated carbocycles. The summed E-state index contributed by atoms with van der Waals surface area (Å²) in [6.45, 7) is 12.8. The second kappa shape index (κ2) is 22.3. The average molecular weight is 837 g/mol. The molecule has 1 amide bonds. The van der Waals surface area contributed by atoms with Crippen LogP contribution in [0.4, 0.5) is 4.79 Å². The van der Waals surface area contributed by atoms with E-state index in [-0.39, 0.29) is 6.61 Å². The Balaban J connectivity index is 0.000000210. The van der Waals surface area contributed by atoms with Gasteiger partial charge >= 0.3 is 18.0 Å². The monoisotopic (exact) mass is 836 g/mol. The molecule has 0 aliphatic rings. The number of allylic oxidation sites excluding steroid dienone is 3. The third kappa shape index (κ3) is 14.3. The lowest BCUT2D eigenvalue weighted by Crippen LogP contribution is -2.27. The Morgan fingerprint density at radius 1 is 0.726 bits per heavy atom. The third-order valence-corrected chi connectivity index (χ3v) is 8.56. The smallest absolute Gasteiger partial charge is 0.418 e. The molecule has 6 aromatic rings. The highest BCUT2D eigenvalue weighted by atomic mass is 16.6. The Morgan fingerprint density at radius 3 is 1.63 bits per heavy atom. The third-order valence-electron chi connectivity index (χ3n) is 8.56. The number of amides is 1. The van der Waals surface area contributed by atoms with Crippen LogP contribution in [0.15, 0.2) is 129 Å². The van der Waals surface area contributed by atoms with Gasteiger partial charge in [-0.3, -0.25) is 29.6 Å². The average Bonchev–Trinajstić information content (AvgIpc) is 4.03. The number of hydrogen-bond donors (Lipinski definition) is 4. The van der Waals surface area contributed by atoms with Gasteiger partial charge in [0.2, 0.25) is 0 Å². The molecule has 0 saturated heterocycles. The van der Waals surface area contributed by atoms with Crippen molar-refractivity contribution in [1.82, 2.24) is 34.8 Å². The topological polar surface area (TPSA) is 218 Å². The molecule has 0 aliphatic heterocycles. The van der Waals surface area contributed by atoms with E-state index in [1.54, 1.807) is 98.0 Å². The number of carbonyl (C=O) groups excluding carboxylic acids is 3. The van der Waals surface area contributed by atoms with Crippen molar-refractivity contribution >= 4 is 40.7 Å². The van der Waals surface area contributed by atoms with Crippen molar-refractivity contribution in [2.24, 2.45) is 0 Å². The van der Waals surface area contributed by atoms with E-state index < -0.39 is 29.5 Å². The van der Waals surface area contributed by atoms with E-state index in [1.807, 2.05) is 67.0 Å². The van der Waals surface area contributed by atoms with Crippen LogP contribution in [0, 0.1) is 11.5 Å². The summed E-state index contributed by atoms with van der Waals surface area (Å²) in [5, 5.41) is 19.1. The van der Waals surface area contributed by atoms with Crippen LogP contribution >= 0.6 is 0 Å². The van der Waals surface area contributed by atoms with Crippen molar-refractivity contribution in [2.75, 3.05) is 6.61 Å². The number of carboxylic acid groups (broad SMARTS) is 1. The molecule has 0 aromatic carbocycles. The maximum atomic E-state index is 12.6. The molecule has 62 heavy (non-hydrogen) atoms. The van der Waals surface area contributed by atoms with Gasteiger partial charge in [0.1, 0.15) is 5.60 Å². The van der Waals surface area contributed by atoms with E-state index in [0.29, 0.717) is 16.8 Å². The summed E-state index contributed by atoms with van der Waals surface area (Å²) in [6, 6.07) is 17.0. The Labute approximate surface area is 359 Å². The molecule has 4 N–H and O–H groups in total. The summed E-state index contributed by atoms with van der Waals surface area (Å²) in [4.78, 5) is 64.3. The normalized spacial score (nSPS) is 11.5. The largest absolute Gasteiger partial charge is 0.478 e. The van der Waals surface area contributed by atoms with Crippen LogP contribution in [-0.4, -0.2) is 70.7 Å². The fraction of sp³-hybridized carbons (Fsp3) is 0.191. The highest BCUT2D eigenvalue weighted by Gasteiger charge is 2.22. The molecule has 6 heterocycles. The molecular formula is C47H48N8O7. The van der Waals surface area contributed by atoms with E-state index in [9.17, 15) is 19.2 Å². The van der Waals surface area contributed by atoms with Gasteiger partial charge in [0.25, 0.3) is 5.91 Å². The predicted molar refractivity (Wildman–Crippen MR) is 236 cm³/mol. The number of rotatable bonds is 10. The summed E-state index contributed by atoms with van der Waals surface area (Å²) in [7, 11) is 0. The van der Waals surface area contributed by atoms with E-state index in [0.717, 1.165) is 50.3 Å². The zero-order valence-electron chi connectivity index (χ0n) is 35.5. The number of aliphatic carboxylic acids is 1. The molecule has 15 heteroatoms. The van der Waals surface area contributed by atoms with Crippen LogP contribution in [0.2, 0.25) is 0 Å². The van der Waals surface area contributed by atoms with Crippen molar-refractivity contribution < 1.29 is 33.8 Å².